The van der Waals surface area contributed by atoms with Gasteiger partial charge in [-0.15, -0.1) is 0 Å². The Morgan fingerprint density at radius 1 is 0.571 bits per heavy atom. The van der Waals surface area contributed by atoms with Crippen molar-refractivity contribution in [3.05, 3.63) is 0 Å². The summed E-state index contributed by atoms with van der Waals surface area (Å²) < 4.78 is 0. The smallest absolute Gasteiger partial charge is 0.00721 e. The molecule has 4 atom stereocenters. The summed E-state index contributed by atoms with van der Waals surface area (Å²) in [5.74, 6) is 3.65. The highest BCUT2D eigenvalue weighted by atomic mass is 14.9. The molecule has 2 fully saturated rings. The molecule has 2 rings (SSSR count). The van der Waals surface area contributed by atoms with Gasteiger partial charge in [0.25, 0.3) is 0 Å². The minimum absolute atomic E-state index is 0.776. The van der Waals surface area contributed by atoms with Crippen molar-refractivity contribution in [2.45, 2.75) is 84.7 Å². The van der Waals surface area contributed by atoms with E-state index in [0.29, 0.717) is 0 Å². The van der Waals surface area contributed by atoms with E-state index in [1.54, 1.807) is 0 Å². The van der Waals surface area contributed by atoms with Crippen LogP contribution in [0.2, 0.25) is 0 Å². The average Bonchev–Trinajstić information content (AvgIpc) is 2.36. The van der Waals surface area contributed by atoms with Gasteiger partial charge in [-0.25, -0.2) is 0 Å². The topological polar surface area (TPSA) is 24.1 Å². The fourth-order valence-electron chi connectivity index (χ4n) is 4.93. The molecule has 0 amide bonds. The molecule has 0 aromatic heterocycles. The van der Waals surface area contributed by atoms with Crippen molar-refractivity contribution >= 4 is 0 Å². The minimum Gasteiger partial charge on any atom is -0.314 e. The van der Waals surface area contributed by atoms with Crippen molar-refractivity contribution in [3.63, 3.8) is 0 Å². The molecule has 0 radical (unpaired) electrons. The maximum absolute atomic E-state index is 3.80. The van der Waals surface area contributed by atoms with Gasteiger partial charge in [0.05, 0.1) is 0 Å². The van der Waals surface area contributed by atoms with E-state index < -0.39 is 0 Å². The summed E-state index contributed by atoms with van der Waals surface area (Å²) >= 11 is 0. The third kappa shape index (κ3) is 6.28. The Labute approximate surface area is 132 Å². The zero-order valence-electron chi connectivity index (χ0n) is 14.8. The average molecular weight is 295 g/mol. The fourth-order valence-corrected chi connectivity index (χ4v) is 4.93. The lowest BCUT2D eigenvalue weighted by Crippen LogP contribution is -2.39. The number of hydrogen-bond donors (Lipinski definition) is 2. The summed E-state index contributed by atoms with van der Waals surface area (Å²) in [6.45, 7) is 12.0. The molecule has 21 heavy (non-hydrogen) atoms. The molecule has 0 bridgehead atoms. The van der Waals surface area contributed by atoms with Gasteiger partial charge in [0.1, 0.15) is 0 Å². The summed E-state index contributed by atoms with van der Waals surface area (Å²) in [5.41, 5.74) is 0. The molecule has 0 aromatic carbocycles. The zero-order valence-corrected chi connectivity index (χ0v) is 14.8. The summed E-state index contributed by atoms with van der Waals surface area (Å²) in [4.78, 5) is 0. The van der Waals surface area contributed by atoms with Gasteiger partial charge in [-0.05, 0) is 81.7 Å². The van der Waals surface area contributed by atoms with Gasteiger partial charge < -0.3 is 10.6 Å². The first-order valence-corrected chi connectivity index (χ1v) is 9.49. The number of rotatable bonds is 6. The van der Waals surface area contributed by atoms with Gasteiger partial charge in [0.15, 0.2) is 0 Å². The van der Waals surface area contributed by atoms with Crippen LogP contribution in [-0.4, -0.2) is 25.2 Å². The molecule has 2 aliphatic rings. The lowest BCUT2D eigenvalue weighted by atomic mass is 9.80. The van der Waals surface area contributed by atoms with E-state index in [2.05, 4.69) is 38.3 Å². The van der Waals surface area contributed by atoms with Crippen LogP contribution in [0.5, 0.6) is 0 Å². The van der Waals surface area contributed by atoms with Gasteiger partial charge in [-0.3, -0.25) is 0 Å². The Bertz CT molecular complexity index is 243. The van der Waals surface area contributed by atoms with E-state index in [9.17, 15) is 0 Å². The monoisotopic (exact) mass is 294 g/mol. The van der Waals surface area contributed by atoms with Crippen LogP contribution in [0.1, 0.15) is 72.6 Å². The summed E-state index contributed by atoms with van der Waals surface area (Å²) in [7, 11) is 0. The summed E-state index contributed by atoms with van der Waals surface area (Å²) in [6, 6.07) is 1.55. The molecule has 2 N–H and O–H groups in total. The Balaban J connectivity index is 1.53. The van der Waals surface area contributed by atoms with Crippen molar-refractivity contribution in [2.24, 2.45) is 23.7 Å². The van der Waals surface area contributed by atoms with Gasteiger partial charge in [0, 0.05) is 12.1 Å². The van der Waals surface area contributed by atoms with Crippen LogP contribution in [0.15, 0.2) is 0 Å². The predicted octanol–water partition coefficient (Wildman–Crippen LogP) is 4.21. The van der Waals surface area contributed by atoms with Crippen molar-refractivity contribution < 1.29 is 0 Å². The molecule has 2 aliphatic carbocycles. The van der Waals surface area contributed by atoms with Gasteiger partial charge >= 0.3 is 0 Å². The second-order valence-electron chi connectivity index (χ2n) is 8.49. The predicted molar refractivity (Wildman–Crippen MR) is 92.6 cm³/mol. The maximum atomic E-state index is 3.80. The molecular formula is C19H38N2. The van der Waals surface area contributed by atoms with Crippen LogP contribution in [0.3, 0.4) is 0 Å². The molecule has 2 saturated carbocycles. The first-order valence-electron chi connectivity index (χ1n) is 9.49. The van der Waals surface area contributed by atoms with Crippen LogP contribution in [-0.2, 0) is 0 Å². The van der Waals surface area contributed by atoms with Crippen LogP contribution in [0.25, 0.3) is 0 Å². The lowest BCUT2D eigenvalue weighted by molar-refractivity contribution is 0.231. The van der Waals surface area contributed by atoms with Crippen molar-refractivity contribution in [2.75, 3.05) is 13.1 Å². The Morgan fingerprint density at radius 2 is 0.905 bits per heavy atom. The zero-order chi connectivity index (χ0) is 15.2. The first-order chi connectivity index (χ1) is 10.0. The van der Waals surface area contributed by atoms with Crippen molar-refractivity contribution in [1.82, 2.24) is 10.6 Å². The van der Waals surface area contributed by atoms with Crippen LogP contribution in [0, 0.1) is 23.7 Å². The van der Waals surface area contributed by atoms with E-state index in [4.69, 9.17) is 0 Å². The summed E-state index contributed by atoms with van der Waals surface area (Å²) in [6.07, 6.45) is 9.67. The van der Waals surface area contributed by atoms with Crippen molar-refractivity contribution in [3.8, 4) is 0 Å². The normalized spacial score (nSPS) is 41.1. The quantitative estimate of drug-likeness (QED) is 0.717. The maximum Gasteiger partial charge on any atom is 0.00721 e. The van der Waals surface area contributed by atoms with E-state index >= 15 is 0 Å². The minimum atomic E-state index is 0.776. The summed E-state index contributed by atoms with van der Waals surface area (Å²) in [5, 5.41) is 7.60. The Kier molecular flexibility index (Phi) is 7.01. The van der Waals surface area contributed by atoms with Gasteiger partial charge in [-0.1, -0.05) is 27.7 Å². The molecule has 0 spiro atoms. The van der Waals surface area contributed by atoms with Crippen LogP contribution < -0.4 is 10.6 Å². The SMILES string of the molecule is CC1CC(C)CC(NCCCNC2CC(C)CC(C)C2)C1. The lowest BCUT2D eigenvalue weighted by Gasteiger charge is -2.33. The highest BCUT2D eigenvalue weighted by Crippen LogP contribution is 2.29. The Morgan fingerprint density at radius 3 is 1.24 bits per heavy atom. The molecular weight excluding hydrogens is 256 g/mol. The van der Waals surface area contributed by atoms with E-state index in [-0.39, 0.29) is 0 Å². The van der Waals surface area contributed by atoms with E-state index in [1.165, 1.54) is 58.0 Å². The standard InChI is InChI=1S/C19H38N2/c1-14-8-15(2)11-18(10-14)20-6-5-7-21-19-12-16(3)9-17(4)13-19/h14-21H,5-13H2,1-4H3. The van der Waals surface area contributed by atoms with Crippen LogP contribution >= 0.6 is 0 Å². The molecule has 0 aromatic rings. The Hall–Kier alpha value is -0.0800. The van der Waals surface area contributed by atoms with E-state index in [0.717, 1.165) is 35.8 Å². The van der Waals surface area contributed by atoms with Gasteiger partial charge in [-0.2, -0.15) is 0 Å². The second kappa shape index (κ2) is 8.53. The fraction of sp³-hybridized carbons (Fsp3) is 1.00. The highest BCUT2D eigenvalue weighted by Gasteiger charge is 2.24. The number of hydrogen-bond acceptors (Lipinski definition) is 2. The molecule has 0 heterocycles. The van der Waals surface area contributed by atoms with Crippen LogP contribution in [0.4, 0.5) is 0 Å². The largest absolute Gasteiger partial charge is 0.314 e. The van der Waals surface area contributed by atoms with Crippen molar-refractivity contribution in [1.29, 1.82) is 0 Å². The molecule has 0 saturated heterocycles. The molecule has 4 unspecified atom stereocenters. The highest BCUT2D eigenvalue weighted by molar-refractivity contribution is 4.81. The number of nitrogens with one attached hydrogen (secondary N) is 2. The molecule has 2 heteroatoms. The third-order valence-electron chi connectivity index (χ3n) is 5.58. The van der Waals surface area contributed by atoms with E-state index in [1.807, 2.05) is 0 Å². The molecule has 124 valence electrons. The molecule has 2 nitrogen and oxygen atoms in total. The first kappa shape index (κ1) is 17.3. The third-order valence-corrected chi connectivity index (χ3v) is 5.58. The second-order valence-corrected chi connectivity index (χ2v) is 8.49. The molecule has 0 aliphatic heterocycles. The van der Waals surface area contributed by atoms with Gasteiger partial charge in [0.2, 0.25) is 0 Å².